The lowest BCUT2D eigenvalue weighted by atomic mass is 9.87. The molecule has 0 spiro atoms. The van der Waals surface area contributed by atoms with Crippen molar-refractivity contribution >= 4 is 32.1 Å². The molecule has 330 valence electrons. The number of benzene rings is 2. The summed E-state index contributed by atoms with van der Waals surface area (Å²) in [6, 6.07) is 16.4. The summed E-state index contributed by atoms with van der Waals surface area (Å²) in [5.74, 6) is -1.21. The standard InChI is InChI=1S/C47H77N5O6Si/c1-14-33(5)41(44(55)52-27-25-38(26-28-52)48-15-2)51-43(54)37(29-35-21-23-36(24-22-35)42(53)49-32(3)4)31-40(58-59(12,13)47(9,10)11)39(30-34-19-17-16-18-20-34)50-45(56)57-46(6,7)8/h16-24,32-33,37-41,48H,14-15,25-31H2,1-13H3,(H,49,53)(H,50,56)(H,51,54)/t33-,37-,39-,40+,41-/m0/s1. The van der Waals surface area contributed by atoms with Gasteiger partial charge in [0.15, 0.2) is 8.32 Å². The van der Waals surface area contributed by atoms with Crippen molar-refractivity contribution in [2.75, 3.05) is 19.6 Å². The first kappa shape index (κ1) is 49.6. The van der Waals surface area contributed by atoms with Gasteiger partial charge in [-0.05, 0) is 121 Å². The number of alkyl carbamates (subject to hydrolysis) is 1. The van der Waals surface area contributed by atoms with E-state index in [-0.39, 0.29) is 41.1 Å². The van der Waals surface area contributed by atoms with Crippen LogP contribution >= 0.6 is 0 Å². The zero-order chi connectivity index (χ0) is 44.1. The van der Waals surface area contributed by atoms with Crippen molar-refractivity contribution in [1.82, 2.24) is 26.2 Å². The normalized spacial score (nSPS) is 16.7. The van der Waals surface area contributed by atoms with Crippen LogP contribution in [0.15, 0.2) is 54.6 Å². The second-order valence-corrected chi connectivity index (χ2v) is 24.1. The summed E-state index contributed by atoms with van der Waals surface area (Å²) >= 11 is 0. The molecule has 11 nitrogen and oxygen atoms in total. The van der Waals surface area contributed by atoms with Crippen LogP contribution in [0.5, 0.6) is 0 Å². The Morgan fingerprint density at radius 1 is 0.814 bits per heavy atom. The molecule has 0 bridgehead atoms. The average molecular weight is 836 g/mol. The molecule has 0 unspecified atom stereocenters. The van der Waals surface area contributed by atoms with Crippen LogP contribution in [0.4, 0.5) is 4.79 Å². The summed E-state index contributed by atoms with van der Waals surface area (Å²) < 4.78 is 13.1. The molecule has 5 atom stereocenters. The number of hydrogen-bond donors (Lipinski definition) is 4. The molecule has 0 saturated carbocycles. The van der Waals surface area contributed by atoms with Crippen molar-refractivity contribution in [2.24, 2.45) is 11.8 Å². The van der Waals surface area contributed by atoms with E-state index in [1.807, 2.05) is 95.8 Å². The predicted molar refractivity (Wildman–Crippen MR) is 241 cm³/mol. The first-order valence-electron chi connectivity index (χ1n) is 22.0. The summed E-state index contributed by atoms with van der Waals surface area (Å²) in [5.41, 5.74) is 1.69. The van der Waals surface area contributed by atoms with Gasteiger partial charge in [0.2, 0.25) is 11.8 Å². The maximum Gasteiger partial charge on any atom is 0.407 e. The van der Waals surface area contributed by atoms with Crippen molar-refractivity contribution in [3.8, 4) is 0 Å². The molecule has 3 rings (SSSR count). The third-order valence-corrected chi connectivity index (χ3v) is 16.3. The lowest BCUT2D eigenvalue weighted by Crippen LogP contribution is -2.57. The van der Waals surface area contributed by atoms with Gasteiger partial charge in [0.1, 0.15) is 11.6 Å². The number of nitrogens with zero attached hydrogens (tertiary/aromatic N) is 1. The Hall–Kier alpha value is -3.74. The van der Waals surface area contributed by atoms with Crippen molar-refractivity contribution in [1.29, 1.82) is 0 Å². The van der Waals surface area contributed by atoms with Crippen molar-refractivity contribution in [2.45, 2.75) is 169 Å². The van der Waals surface area contributed by atoms with Gasteiger partial charge >= 0.3 is 6.09 Å². The van der Waals surface area contributed by atoms with Crippen molar-refractivity contribution in [3.63, 3.8) is 0 Å². The fourth-order valence-corrected chi connectivity index (χ4v) is 8.55. The highest BCUT2D eigenvalue weighted by Gasteiger charge is 2.43. The predicted octanol–water partition coefficient (Wildman–Crippen LogP) is 8.03. The molecule has 4 amide bonds. The monoisotopic (exact) mass is 836 g/mol. The number of amides is 4. The highest BCUT2D eigenvalue weighted by atomic mass is 28.4. The number of likely N-dealkylation sites (tertiary alicyclic amines) is 1. The second kappa shape index (κ2) is 22.2. The maximum absolute atomic E-state index is 15.0. The number of hydrogen-bond acceptors (Lipinski definition) is 7. The van der Waals surface area contributed by atoms with Gasteiger partial charge in [0.25, 0.3) is 5.91 Å². The van der Waals surface area contributed by atoms with Gasteiger partial charge in [-0.3, -0.25) is 14.4 Å². The summed E-state index contributed by atoms with van der Waals surface area (Å²) in [7, 11) is -2.52. The van der Waals surface area contributed by atoms with E-state index in [0.29, 0.717) is 44.0 Å². The molecule has 2 aromatic rings. The molecule has 1 heterocycles. The Morgan fingerprint density at radius 3 is 1.93 bits per heavy atom. The van der Waals surface area contributed by atoms with Crippen LogP contribution < -0.4 is 21.3 Å². The fourth-order valence-electron chi connectivity index (χ4n) is 7.18. The zero-order valence-corrected chi connectivity index (χ0v) is 39.5. The fraction of sp³-hybridized carbons (Fsp3) is 0.660. The SMILES string of the molecule is CCNC1CCN(C(=O)[C@@H](NC(=O)[C@@H](Cc2ccc(C(=O)NC(C)C)cc2)C[C@@H](O[Si](C)(C)C(C)(C)C)[C@H](Cc2ccccc2)NC(=O)OC(C)(C)C)[C@@H](C)CC)CC1. The molecule has 59 heavy (non-hydrogen) atoms. The molecule has 1 aliphatic heterocycles. The number of rotatable bonds is 19. The van der Waals surface area contributed by atoms with Gasteiger partial charge in [-0.1, -0.05) is 90.4 Å². The van der Waals surface area contributed by atoms with Gasteiger partial charge in [0, 0.05) is 36.7 Å². The summed E-state index contributed by atoms with van der Waals surface area (Å²) in [6.07, 6.45) is 2.34. The molecule has 4 N–H and O–H groups in total. The maximum atomic E-state index is 15.0. The van der Waals surface area contributed by atoms with E-state index in [0.717, 1.165) is 30.5 Å². The first-order chi connectivity index (χ1) is 27.5. The Balaban J connectivity index is 2.11. The molecule has 1 saturated heterocycles. The molecule has 2 aromatic carbocycles. The quantitative estimate of drug-likeness (QED) is 0.105. The van der Waals surface area contributed by atoms with E-state index in [4.69, 9.17) is 9.16 Å². The first-order valence-corrected chi connectivity index (χ1v) is 24.9. The zero-order valence-electron chi connectivity index (χ0n) is 38.5. The highest BCUT2D eigenvalue weighted by molar-refractivity contribution is 6.74. The topological polar surface area (TPSA) is 138 Å². The van der Waals surface area contributed by atoms with E-state index in [1.54, 1.807) is 12.1 Å². The largest absolute Gasteiger partial charge is 0.444 e. The molecular weight excluding hydrogens is 759 g/mol. The number of nitrogens with one attached hydrogen (secondary N) is 4. The molecule has 0 aromatic heterocycles. The van der Waals surface area contributed by atoms with E-state index in [9.17, 15) is 19.2 Å². The third-order valence-electron chi connectivity index (χ3n) is 11.8. The smallest absolute Gasteiger partial charge is 0.407 e. The molecule has 0 radical (unpaired) electrons. The summed E-state index contributed by atoms with van der Waals surface area (Å²) in [5, 5.41) is 12.7. The lowest BCUT2D eigenvalue weighted by molar-refractivity contribution is -0.140. The van der Waals surface area contributed by atoms with E-state index in [1.165, 1.54) is 0 Å². The molecular formula is C47H77N5O6Si. The minimum Gasteiger partial charge on any atom is -0.444 e. The van der Waals surface area contributed by atoms with Gasteiger partial charge in [-0.2, -0.15) is 0 Å². The van der Waals surface area contributed by atoms with Gasteiger partial charge in [-0.15, -0.1) is 0 Å². The Labute approximate surface area is 357 Å². The minimum atomic E-state index is -2.52. The van der Waals surface area contributed by atoms with Crippen LogP contribution in [0.25, 0.3) is 0 Å². The summed E-state index contributed by atoms with van der Waals surface area (Å²) in [4.78, 5) is 57.6. The molecule has 12 heteroatoms. The van der Waals surface area contributed by atoms with Gasteiger partial charge < -0.3 is 35.3 Å². The van der Waals surface area contributed by atoms with E-state index in [2.05, 4.69) is 62.1 Å². The van der Waals surface area contributed by atoms with Crippen LogP contribution in [-0.2, 0) is 31.6 Å². The minimum absolute atomic E-state index is 0.00764. The Kier molecular flexibility index (Phi) is 18.7. The summed E-state index contributed by atoms with van der Waals surface area (Å²) in [6.45, 7) is 28.6. The van der Waals surface area contributed by atoms with Crippen LogP contribution in [0.3, 0.4) is 0 Å². The van der Waals surface area contributed by atoms with Crippen LogP contribution in [-0.4, -0.2) is 92.5 Å². The lowest BCUT2D eigenvalue weighted by Gasteiger charge is -2.42. The number of piperidine rings is 1. The number of carbonyl (C=O) groups excluding carboxylic acids is 4. The highest BCUT2D eigenvalue weighted by Crippen LogP contribution is 2.39. The van der Waals surface area contributed by atoms with Gasteiger partial charge in [0.05, 0.1) is 12.1 Å². The molecule has 1 fully saturated rings. The Morgan fingerprint density at radius 2 is 1.41 bits per heavy atom. The average Bonchev–Trinajstić information content (AvgIpc) is 3.15. The van der Waals surface area contributed by atoms with Crippen LogP contribution in [0.1, 0.15) is 123 Å². The second-order valence-electron chi connectivity index (χ2n) is 19.3. The van der Waals surface area contributed by atoms with Gasteiger partial charge in [-0.25, -0.2) is 4.79 Å². The van der Waals surface area contributed by atoms with E-state index < -0.39 is 44.1 Å². The van der Waals surface area contributed by atoms with Crippen LogP contribution in [0, 0.1) is 11.8 Å². The number of ether oxygens (including phenoxy) is 1. The molecule has 1 aliphatic rings. The molecule has 0 aliphatic carbocycles. The van der Waals surface area contributed by atoms with Crippen LogP contribution in [0.2, 0.25) is 18.1 Å². The van der Waals surface area contributed by atoms with Crippen molar-refractivity contribution in [3.05, 3.63) is 71.3 Å². The Bertz CT molecular complexity index is 1630. The third kappa shape index (κ3) is 16.0. The van der Waals surface area contributed by atoms with Crippen molar-refractivity contribution < 1.29 is 28.3 Å². The number of carbonyl (C=O) groups is 4. The van der Waals surface area contributed by atoms with E-state index >= 15 is 0 Å².